The van der Waals surface area contributed by atoms with E-state index in [2.05, 4.69) is 14.9 Å². The van der Waals surface area contributed by atoms with E-state index in [0.29, 0.717) is 30.0 Å². The number of aliphatic hydroxyl groups is 1. The first-order valence-electron chi connectivity index (χ1n) is 13.7. The Bertz CT molecular complexity index is 1750. The molecule has 44 heavy (non-hydrogen) atoms. The number of nitrogen functional groups attached to an aromatic ring is 1. The molecule has 2 saturated heterocycles. The first kappa shape index (κ1) is 31.6. The largest absolute Gasteiger partial charge is 0.467 e. The van der Waals surface area contributed by atoms with Gasteiger partial charge in [0.25, 0.3) is 0 Å². The zero-order chi connectivity index (χ0) is 31.9. The highest BCUT2D eigenvalue weighted by atomic mass is 32.1. The van der Waals surface area contributed by atoms with Crippen molar-refractivity contribution >= 4 is 43.1 Å². The van der Waals surface area contributed by atoms with Crippen LogP contribution < -0.4 is 15.4 Å². The number of halogens is 6. The molecule has 2 aliphatic rings. The summed E-state index contributed by atoms with van der Waals surface area (Å²) >= 11 is 0.680. The minimum Gasteiger partial charge on any atom is -0.467 e. The van der Waals surface area contributed by atoms with Gasteiger partial charge in [-0.15, -0.1) is 11.3 Å². The van der Waals surface area contributed by atoms with Gasteiger partial charge < -0.3 is 20.5 Å². The van der Waals surface area contributed by atoms with E-state index in [-0.39, 0.29) is 56.6 Å². The Kier molecular flexibility index (Phi) is 8.79. The summed E-state index contributed by atoms with van der Waals surface area (Å²) in [7, 11) is 2.66. The summed E-state index contributed by atoms with van der Waals surface area (Å²) in [5, 5.41) is 18.2. The lowest BCUT2D eigenvalue weighted by atomic mass is 9.92. The molecule has 234 valence electrons. The van der Waals surface area contributed by atoms with E-state index in [1.807, 2.05) is 0 Å². The van der Waals surface area contributed by atoms with Crippen LogP contribution in [0.1, 0.15) is 30.4 Å². The molecule has 2 aromatic heterocycles. The Balaban J connectivity index is 0.000000361. The van der Waals surface area contributed by atoms with E-state index in [0.717, 1.165) is 25.1 Å². The van der Waals surface area contributed by atoms with Crippen molar-refractivity contribution in [2.45, 2.75) is 37.7 Å². The number of fused-ring (bicyclic) bond motifs is 3. The quantitative estimate of drug-likeness (QED) is 0.261. The number of ether oxygens (including phenoxy) is 1. The molecule has 0 amide bonds. The van der Waals surface area contributed by atoms with Crippen LogP contribution in [0.5, 0.6) is 6.01 Å². The molecule has 0 radical (unpaired) electrons. The molecule has 6 rings (SSSR count). The molecule has 4 heterocycles. The van der Waals surface area contributed by atoms with Gasteiger partial charge in [-0.2, -0.15) is 28.4 Å². The number of hydrogen-bond acceptors (Lipinski definition) is 9. The van der Waals surface area contributed by atoms with Crippen molar-refractivity contribution in [3.05, 3.63) is 41.0 Å². The van der Waals surface area contributed by atoms with Gasteiger partial charge in [0, 0.05) is 42.5 Å². The predicted octanol–water partition coefficient (Wildman–Crippen LogP) is 5.89. The standard InChI is InChI=1S/C22H16F5N5O2S.C7H12FN/c1-32(5-6-33)20-10-7-12(22(25,26)27)15(16(24)17(10)30-21(31-20)34-2)9-3-4-13(23)18-14(9)11(8-28)19(29)35-18;8-6-4-7-2-1-3-9(7)5-6/h3-4,7,33H,5-6,29H2,1-2H3;6-7H,1-5H2. The molecule has 2 fully saturated rings. The molecule has 2 aliphatic heterocycles. The SMILES string of the molecule is COc1nc(N(C)CCO)c2cc(C(F)(F)F)c(-c3ccc(F)c4sc(N)c(C#N)c34)c(F)c2n1.FC1CC2CCCN2C1. The molecule has 0 bridgehead atoms. The minimum absolute atomic E-state index is 0.0156. The number of nitrogens with zero attached hydrogens (tertiary/aromatic N) is 5. The zero-order valence-corrected chi connectivity index (χ0v) is 24.5. The fraction of sp³-hybridized carbons (Fsp3) is 0.414. The summed E-state index contributed by atoms with van der Waals surface area (Å²) in [4.78, 5) is 11.6. The number of likely N-dealkylation sites (N-methyl/N-ethyl adjacent to an activating group) is 1. The topological polar surface area (TPSA) is 112 Å². The van der Waals surface area contributed by atoms with Crippen LogP contribution in [0.2, 0.25) is 0 Å². The van der Waals surface area contributed by atoms with Crippen LogP contribution in [0.15, 0.2) is 18.2 Å². The minimum atomic E-state index is -5.05. The molecule has 0 aliphatic carbocycles. The molecule has 4 aromatic rings. The van der Waals surface area contributed by atoms with Gasteiger partial charge in [0.15, 0.2) is 5.82 Å². The summed E-state index contributed by atoms with van der Waals surface area (Å²) in [5.74, 6) is -2.28. The Morgan fingerprint density at radius 3 is 2.66 bits per heavy atom. The summed E-state index contributed by atoms with van der Waals surface area (Å²) in [6.07, 6.45) is -2.24. The number of benzene rings is 2. The third-order valence-electron chi connectivity index (χ3n) is 7.83. The van der Waals surface area contributed by atoms with Crippen molar-refractivity contribution < 1.29 is 36.2 Å². The monoisotopic (exact) mass is 638 g/mol. The van der Waals surface area contributed by atoms with Gasteiger partial charge in [-0.1, -0.05) is 6.07 Å². The van der Waals surface area contributed by atoms with Crippen LogP contribution in [0.3, 0.4) is 0 Å². The Hall–Kier alpha value is -3.87. The normalized spacial score (nSPS) is 18.3. The molecule has 2 aromatic carbocycles. The van der Waals surface area contributed by atoms with Crippen LogP contribution in [0.25, 0.3) is 32.1 Å². The summed E-state index contributed by atoms with van der Waals surface area (Å²) in [5.41, 5.74) is 2.41. The number of aromatic nitrogens is 2. The van der Waals surface area contributed by atoms with Gasteiger partial charge in [0.2, 0.25) is 0 Å². The second-order valence-electron chi connectivity index (χ2n) is 10.6. The molecule has 3 N–H and O–H groups in total. The number of aliphatic hydroxyl groups excluding tert-OH is 1. The molecule has 0 saturated carbocycles. The smallest absolute Gasteiger partial charge is 0.417 e. The second kappa shape index (κ2) is 12.3. The molecular formula is C29H28F6N6O2S. The number of nitriles is 1. The van der Waals surface area contributed by atoms with Gasteiger partial charge in [0.05, 0.1) is 29.5 Å². The lowest BCUT2D eigenvalue weighted by molar-refractivity contribution is -0.137. The van der Waals surface area contributed by atoms with E-state index in [9.17, 15) is 32.3 Å². The maximum Gasteiger partial charge on any atom is 0.417 e. The lowest BCUT2D eigenvalue weighted by Crippen LogP contribution is -2.23. The van der Waals surface area contributed by atoms with Gasteiger partial charge in [0.1, 0.15) is 34.4 Å². The fourth-order valence-corrected chi connectivity index (χ4v) is 6.80. The number of methoxy groups -OCH3 is 1. The first-order chi connectivity index (χ1) is 20.9. The number of anilines is 2. The van der Waals surface area contributed by atoms with Crippen LogP contribution in [0, 0.1) is 23.0 Å². The Morgan fingerprint density at radius 2 is 2.02 bits per heavy atom. The van der Waals surface area contributed by atoms with Crippen molar-refractivity contribution in [1.82, 2.24) is 14.9 Å². The molecule has 8 nitrogen and oxygen atoms in total. The summed E-state index contributed by atoms with van der Waals surface area (Å²) in [6, 6.07) is 4.61. The second-order valence-corrected chi connectivity index (χ2v) is 11.6. The van der Waals surface area contributed by atoms with E-state index < -0.39 is 40.6 Å². The maximum absolute atomic E-state index is 16.0. The van der Waals surface area contributed by atoms with Crippen LogP contribution in [0.4, 0.5) is 37.2 Å². The molecule has 0 spiro atoms. The Morgan fingerprint density at radius 1 is 1.27 bits per heavy atom. The fourth-order valence-electron chi connectivity index (χ4n) is 5.85. The van der Waals surface area contributed by atoms with Crippen molar-refractivity contribution in [3.8, 4) is 23.2 Å². The number of rotatable bonds is 5. The average Bonchev–Trinajstić information content (AvgIpc) is 3.66. The molecule has 15 heteroatoms. The van der Waals surface area contributed by atoms with E-state index in [4.69, 9.17) is 10.5 Å². The third kappa shape index (κ3) is 5.69. The highest BCUT2D eigenvalue weighted by Gasteiger charge is 2.38. The molecule has 2 unspecified atom stereocenters. The van der Waals surface area contributed by atoms with Gasteiger partial charge in [-0.25, -0.2) is 13.2 Å². The van der Waals surface area contributed by atoms with Crippen molar-refractivity contribution in [2.75, 3.05) is 51.0 Å². The summed E-state index contributed by atoms with van der Waals surface area (Å²) < 4.78 is 90.8. The molecular weight excluding hydrogens is 610 g/mol. The van der Waals surface area contributed by atoms with Crippen LogP contribution >= 0.6 is 11.3 Å². The predicted molar refractivity (Wildman–Crippen MR) is 155 cm³/mol. The van der Waals surface area contributed by atoms with Gasteiger partial charge >= 0.3 is 12.2 Å². The van der Waals surface area contributed by atoms with Crippen molar-refractivity contribution in [3.63, 3.8) is 0 Å². The lowest BCUT2D eigenvalue weighted by Gasteiger charge is -2.22. The first-order valence-corrected chi connectivity index (χ1v) is 14.5. The highest BCUT2D eigenvalue weighted by molar-refractivity contribution is 7.23. The number of thiophene rings is 1. The number of hydrogen-bond donors (Lipinski definition) is 2. The van der Waals surface area contributed by atoms with E-state index >= 15 is 4.39 Å². The van der Waals surface area contributed by atoms with Gasteiger partial charge in [-0.05, 0) is 43.5 Å². The van der Waals surface area contributed by atoms with Crippen molar-refractivity contribution in [1.29, 1.82) is 5.26 Å². The maximum atomic E-state index is 16.0. The van der Waals surface area contributed by atoms with Gasteiger partial charge in [-0.3, -0.25) is 4.90 Å². The van der Waals surface area contributed by atoms with Crippen LogP contribution in [-0.4, -0.2) is 72.6 Å². The number of nitrogens with two attached hydrogens (primary N) is 1. The number of alkyl halides is 4. The van der Waals surface area contributed by atoms with E-state index in [1.165, 1.54) is 31.9 Å². The zero-order valence-electron chi connectivity index (χ0n) is 23.7. The molecule has 2 atom stereocenters. The third-order valence-corrected chi connectivity index (χ3v) is 8.86. The average molecular weight is 639 g/mol. The van der Waals surface area contributed by atoms with E-state index in [1.54, 1.807) is 6.07 Å². The highest BCUT2D eigenvalue weighted by Crippen LogP contribution is 2.47. The van der Waals surface area contributed by atoms with Crippen LogP contribution in [-0.2, 0) is 6.18 Å². The summed E-state index contributed by atoms with van der Waals surface area (Å²) in [6.45, 7) is 1.50. The van der Waals surface area contributed by atoms with Crippen molar-refractivity contribution in [2.24, 2.45) is 0 Å². The Labute approximate surface area is 252 Å².